The fraction of sp³-hybridized carbons (Fsp3) is 0.366. The highest BCUT2D eigenvalue weighted by atomic mass is 14.4. The zero-order valence-electron chi connectivity index (χ0n) is 26.5. The third-order valence-electron chi connectivity index (χ3n) is 9.89. The van der Waals surface area contributed by atoms with Crippen molar-refractivity contribution in [1.29, 1.82) is 0 Å². The van der Waals surface area contributed by atoms with E-state index in [2.05, 4.69) is 110 Å². The minimum atomic E-state index is 0.286. The Balaban J connectivity index is 1.48. The molecule has 0 nitrogen and oxygen atoms in total. The predicted molar refractivity (Wildman–Crippen MR) is 179 cm³/mol. The van der Waals surface area contributed by atoms with Gasteiger partial charge < -0.3 is 0 Å². The van der Waals surface area contributed by atoms with Crippen LogP contribution in [0.2, 0.25) is 0 Å². The summed E-state index contributed by atoms with van der Waals surface area (Å²) in [4.78, 5) is 0. The Labute approximate surface area is 249 Å². The van der Waals surface area contributed by atoms with Crippen molar-refractivity contribution in [3.8, 4) is 0 Å². The predicted octanol–water partition coefficient (Wildman–Crippen LogP) is 11.3. The topological polar surface area (TPSA) is 0 Å². The Morgan fingerprint density at radius 1 is 0.878 bits per heavy atom. The molecular weight excluding hydrogens is 492 g/mol. The van der Waals surface area contributed by atoms with Crippen LogP contribution >= 0.6 is 0 Å². The average molecular weight is 541 g/mol. The van der Waals surface area contributed by atoms with Crippen molar-refractivity contribution >= 4 is 5.57 Å². The Kier molecular flexibility index (Phi) is 8.42. The van der Waals surface area contributed by atoms with Crippen LogP contribution in [0.5, 0.6) is 0 Å². The summed E-state index contributed by atoms with van der Waals surface area (Å²) in [5.41, 5.74) is 21.0. The van der Waals surface area contributed by atoms with Crippen LogP contribution in [0.15, 0.2) is 107 Å². The van der Waals surface area contributed by atoms with E-state index in [4.69, 9.17) is 6.58 Å². The third-order valence-corrected chi connectivity index (χ3v) is 9.89. The molecule has 1 fully saturated rings. The highest BCUT2D eigenvalue weighted by molar-refractivity contribution is 5.75. The number of hydrogen-bond donors (Lipinski definition) is 0. The molecule has 2 unspecified atom stereocenters. The van der Waals surface area contributed by atoms with Crippen molar-refractivity contribution in [3.05, 3.63) is 146 Å². The SMILES string of the molecule is C=C(CCC)C1=C(C)C=C2C/C(=C\C3=CC=C(c4cc(C)c(C)c(C)c4)C3)C(=C)C2C1c1ccc(CC)c(CC)c1. The van der Waals surface area contributed by atoms with E-state index in [1.165, 1.54) is 83.5 Å². The number of rotatable bonds is 8. The Morgan fingerprint density at radius 2 is 1.59 bits per heavy atom. The molecule has 0 amide bonds. The number of allylic oxidation sites excluding steroid dienone is 12. The number of aryl methyl sites for hydroxylation is 4. The van der Waals surface area contributed by atoms with E-state index in [-0.39, 0.29) is 5.92 Å². The summed E-state index contributed by atoms with van der Waals surface area (Å²) in [6.07, 6.45) is 15.9. The summed E-state index contributed by atoms with van der Waals surface area (Å²) >= 11 is 0. The maximum atomic E-state index is 4.78. The highest BCUT2D eigenvalue weighted by Gasteiger charge is 2.41. The first-order valence-electron chi connectivity index (χ1n) is 15.7. The van der Waals surface area contributed by atoms with Gasteiger partial charge in [0.2, 0.25) is 0 Å². The van der Waals surface area contributed by atoms with Crippen molar-refractivity contribution < 1.29 is 0 Å². The van der Waals surface area contributed by atoms with Crippen molar-refractivity contribution in [2.75, 3.05) is 0 Å². The maximum Gasteiger partial charge on any atom is 0.0201 e. The summed E-state index contributed by atoms with van der Waals surface area (Å²) in [7, 11) is 0. The first-order chi connectivity index (χ1) is 19.7. The van der Waals surface area contributed by atoms with E-state index in [9.17, 15) is 0 Å². The van der Waals surface area contributed by atoms with E-state index in [1.807, 2.05) is 0 Å². The Bertz CT molecular complexity index is 1550. The second-order valence-electron chi connectivity index (χ2n) is 12.6. The second-order valence-corrected chi connectivity index (χ2v) is 12.6. The lowest BCUT2D eigenvalue weighted by atomic mass is 9.68. The Morgan fingerprint density at radius 3 is 2.24 bits per heavy atom. The summed E-state index contributed by atoms with van der Waals surface area (Å²) < 4.78 is 0. The zero-order chi connectivity index (χ0) is 29.4. The monoisotopic (exact) mass is 540 g/mol. The van der Waals surface area contributed by atoms with Gasteiger partial charge in [-0.1, -0.05) is 106 Å². The molecule has 2 aromatic carbocycles. The molecule has 2 atom stereocenters. The molecule has 0 aromatic heterocycles. The lowest BCUT2D eigenvalue weighted by Gasteiger charge is -2.35. The van der Waals surface area contributed by atoms with Crippen LogP contribution in [0.25, 0.3) is 5.57 Å². The van der Waals surface area contributed by atoms with E-state index in [0.717, 1.165) is 38.5 Å². The molecule has 0 spiro atoms. The molecule has 0 saturated heterocycles. The first kappa shape index (κ1) is 29.1. The van der Waals surface area contributed by atoms with Crippen molar-refractivity contribution in [1.82, 2.24) is 0 Å². The van der Waals surface area contributed by atoms with Gasteiger partial charge >= 0.3 is 0 Å². The molecule has 0 heterocycles. The largest absolute Gasteiger partial charge is 0.0955 e. The van der Waals surface area contributed by atoms with Crippen LogP contribution in [-0.2, 0) is 12.8 Å². The van der Waals surface area contributed by atoms with Crippen molar-refractivity contribution in [3.63, 3.8) is 0 Å². The van der Waals surface area contributed by atoms with Gasteiger partial charge in [0, 0.05) is 11.8 Å². The van der Waals surface area contributed by atoms with Crippen LogP contribution in [-0.4, -0.2) is 0 Å². The van der Waals surface area contributed by atoms with Gasteiger partial charge in [-0.3, -0.25) is 0 Å². The molecule has 0 N–H and O–H groups in total. The van der Waals surface area contributed by atoms with Gasteiger partial charge in [-0.05, 0) is 132 Å². The molecule has 2 aromatic rings. The number of benzene rings is 2. The van der Waals surface area contributed by atoms with Gasteiger partial charge in [-0.15, -0.1) is 0 Å². The molecule has 0 bridgehead atoms. The van der Waals surface area contributed by atoms with Crippen molar-refractivity contribution in [2.24, 2.45) is 5.92 Å². The van der Waals surface area contributed by atoms with E-state index in [1.54, 1.807) is 0 Å². The first-order valence-corrected chi connectivity index (χ1v) is 15.7. The molecule has 212 valence electrons. The van der Waals surface area contributed by atoms with Gasteiger partial charge in [0.1, 0.15) is 0 Å². The lowest BCUT2D eigenvalue weighted by molar-refractivity contribution is 0.618. The zero-order valence-corrected chi connectivity index (χ0v) is 26.5. The van der Waals surface area contributed by atoms with Crippen LogP contribution < -0.4 is 0 Å². The van der Waals surface area contributed by atoms with Gasteiger partial charge in [0.25, 0.3) is 0 Å². The van der Waals surface area contributed by atoms with Gasteiger partial charge in [-0.25, -0.2) is 0 Å². The summed E-state index contributed by atoms with van der Waals surface area (Å²) in [6.45, 7) is 25.2. The van der Waals surface area contributed by atoms with Crippen LogP contribution in [0.3, 0.4) is 0 Å². The van der Waals surface area contributed by atoms with Crippen LogP contribution in [0.1, 0.15) is 98.2 Å². The quantitative estimate of drug-likeness (QED) is 0.312. The van der Waals surface area contributed by atoms with E-state index < -0.39 is 0 Å². The van der Waals surface area contributed by atoms with Crippen LogP contribution in [0, 0.1) is 26.7 Å². The molecule has 1 saturated carbocycles. The molecule has 0 radical (unpaired) electrons. The lowest BCUT2D eigenvalue weighted by Crippen LogP contribution is -2.21. The fourth-order valence-electron chi connectivity index (χ4n) is 7.43. The molecule has 3 aliphatic carbocycles. The fourth-order valence-corrected chi connectivity index (χ4v) is 7.43. The van der Waals surface area contributed by atoms with Gasteiger partial charge in [-0.2, -0.15) is 0 Å². The molecule has 0 aliphatic heterocycles. The third kappa shape index (κ3) is 5.46. The smallest absolute Gasteiger partial charge is 0.0201 e. The number of hydrogen-bond acceptors (Lipinski definition) is 0. The van der Waals surface area contributed by atoms with Crippen LogP contribution in [0.4, 0.5) is 0 Å². The normalized spacial score (nSPS) is 21.3. The minimum absolute atomic E-state index is 0.286. The molecule has 41 heavy (non-hydrogen) atoms. The van der Waals surface area contributed by atoms with E-state index in [0.29, 0.717) is 5.92 Å². The maximum absolute atomic E-state index is 4.78. The molecule has 5 rings (SSSR count). The standard InChI is InChI=1S/C41H48/c1-10-13-25(4)39-28(7)20-38-24-36(22-31-14-15-34(21-31)37-18-26(5)29(8)27(6)19-37)30(9)40(38)41(39)35-17-16-32(11-2)33(12-3)23-35/h14-20,22-23,40-41H,4,9-13,21,24H2,1-3,5-8H3/b36-22+. The highest BCUT2D eigenvalue weighted by Crippen LogP contribution is 2.55. The molecule has 3 aliphatic rings. The molecular formula is C41H48. The number of fused-ring (bicyclic) bond motifs is 1. The minimum Gasteiger partial charge on any atom is -0.0955 e. The van der Waals surface area contributed by atoms with Gasteiger partial charge in [0.05, 0.1) is 0 Å². The summed E-state index contributed by atoms with van der Waals surface area (Å²) in [5.74, 6) is 0.593. The second kappa shape index (κ2) is 11.8. The van der Waals surface area contributed by atoms with Crippen molar-refractivity contribution in [2.45, 2.75) is 92.9 Å². The summed E-state index contributed by atoms with van der Waals surface area (Å²) in [5, 5.41) is 0. The van der Waals surface area contributed by atoms with E-state index >= 15 is 0 Å². The molecule has 0 heteroatoms. The Hall–Kier alpha value is -3.38. The summed E-state index contributed by atoms with van der Waals surface area (Å²) in [6, 6.07) is 12.0. The van der Waals surface area contributed by atoms with Gasteiger partial charge in [0.15, 0.2) is 0 Å². The average Bonchev–Trinajstić information content (AvgIpc) is 3.54.